The standard InChI is InChI=1S/C17H14O5.C17H14O4/c1-20-11-5-3-10(4-6-11)13-9-22-16-12(15(13)19)7-8-14(18)17(16)21-2;1-19-12-5-3-4-11(8-12)16-10-15(18)14-7-6-13(20-2)9-17(14)21-16/h3-9,18H,1-2H3;3-10H,1-2H3. The van der Waals surface area contributed by atoms with E-state index in [9.17, 15) is 14.7 Å². The van der Waals surface area contributed by atoms with Gasteiger partial charge in [-0.2, -0.15) is 0 Å². The molecule has 1 N–H and O–H groups in total. The molecule has 0 saturated heterocycles. The minimum Gasteiger partial charge on any atom is -0.504 e. The summed E-state index contributed by atoms with van der Waals surface area (Å²) < 4.78 is 31.9. The van der Waals surface area contributed by atoms with E-state index in [-0.39, 0.29) is 27.9 Å². The van der Waals surface area contributed by atoms with Crippen LogP contribution < -0.4 is 29.8 Å². The van der Waals surface area contributed by atoms with Crippen molar-refractivity contribution >= 4 is 21.9 Å². The molecule has 0 spiro atoms. The molecule has 9 nitrogen and oxygen atoms in total. The Bertz CT molecular complexity index is 2020. The van der Waals surface area contributed by atoms with Gasteiger partial charge in [-0.25, -0.2) is 0 Å². The molecule has 43 heavy (non-hydrogen) atoms. The fourth-order valence-electron chi connectivity index (χ4n) is 4.51. The molecule has 0 aliphatic rings. The van der Waals surface area contributed by atoms with Gasteiger partial charge in [-0.3, -0.25) is 9.59 Å². The third-order valence-corrected chi connectivity index (χ3v) is 6.77. The normalized spacial score (nSPS) is 10.6. The van der Waals surface area contributed by atoms with Crippen LogP contribution in [0.5, 0.6) is 28.7 Å². The first kappa shape index (κ1) is 28.8. The Labute approximate surface area is 246 Å². The van der Waals surface area contributed by atoms with E-state index in [1.54, 1.807) is 63.8 Å². The Balaban J connectivity index is 0.000000171. The second kappa shape index (κ2) is 12.4. The zero-order valence-corrected chi connectivity index (χ0v) is 23.9. The van der Waals surface area contributed by atoms with Gasteiger partial charge in [0.25, 0.3) is 0 Å². The number of rotatable bonds is 6. The minimum atomic E-state index is -0.190. The molecule has 0 radical (unpaired) electrons. The van der Waals surface area contributed by atoms with Crippen molar-refractivity contribution in [1.29, 1.82) is 0 Å². The maximum atomic E-state index is 12.6. The first-order valence-corrected chi connectivity index (χ1v) is 13.1. The number of aromatic hydroxyl groups is 1. The molecule has 0 fully saturated rings. The highest BCUT2D eigenvalue weighted by atomic mass is 16.5. The van der Waals surface area contributed by atoms with Crippen molar-refractivity contribution < 1.29 is 32.9 Å². The number of hydrogen-bond acceptors (Lipinski definition) is 9. The Morgan fingerprint density at radius 2 is 1.33 bits per heavy atom. The van der Waals surface area contributed by atoms with Crippen LogP contribution in [0.3, 0.4) is 0 Å². The summed E-state index contributed by atoms with van der Waals surface area (Å²) >= 11 is 0. The predicted molar refractivity (Wildman–Crippen MR) is 164 cm³/mol. The summed E-state index contributed by atoms with van der Waals surface area (Å²) in [6.45, 7) is 0. The summed E-state index contributed by atoms with van der Waals surface area (Å²) in [7, 11) is 6.16. The van der Waals surface area contributed by atoms with Gasteiger partial charge in [0.2, 0.25) is 11.2 Å². The molecular weight excluding hydrogens is 552 g/mol. The Hall–Kier alpha value is -5.70. The van der Waals surface area contributed by atoms with Crippen molar-refractivity contribution in [2.75, 3.05) is 28.4 Å². The number of fused-ring (bicyclic) bond motifs is 2. The number of methoxy groups -OCH3 is 4. The third kappa shape index (κ3) is 5.87. The molecule has 0 bridgehead atoms. The molecule has 0 aliphatic heterocycles. The fourth-order valence-corrected chi connectivity index (χ4v) is 4.51. The van der Waals surface area contributed by atoms with Crippen molar-refractivity contribution in [3.05, 3.63) is 112 Å². The van der Waals surface area contributed by atoms with Crippen LogP contribution in [0.1, 0.15) is 0 Å². The van der Waals surface area contributed by atoms with Gasteiger partial charge in [0.1, 0.15) is 34.9 Å². The summed E-state index contributed by atoms with van der Waals surface area (Å²) in [6, 6.07) is 24.1. The van der Waals surface area contributed by atoms with Gasteiger partial charge in [0.15, 0.2) is 16.8 Å². The highest BCUT2D eigenvalue weighted by Crippen LogP contribution is 2.34. The average molecular weight is 581 g/mol. The Kier molecular flexibility index (Phi) is 8.34. The molecule has 6 rings (SSSR count). The van der Waals surface area contributed by atoms with E-state index in [1.165, 1.54) is 31.6 Å². The van der Waals surface area contributed by atoms with Gasteiger partial charge in [-0.1, -0.05) is 24.3 Å². The van der Waals surface area contributed by atoms with Crippen LogP contribution >= 0.6 is 0 Å². The lowest BCUT2D eigenvalue weighted by Gasteiger charge is -2.08. The van der Waals surface area contributed by atoms with Crippen molar-refractivity contribution in [2.24, 2.45) is 0 Å². The van der Waals surface area contributed by atoms with Crippen molar-refractivity contribution in [3.63, 3.8) is 0 Å². The highest BCUT2D eigenvalue weighted by Gasteiger charge is 2.15. The summed E-state index contributed by atoms with van der Waals surface area (Å²) in [5.74, 6) is 2.64. The van der Waals surface area contributed by atoms with Crippen LogP contribution in [-0.4, -0.2) is 33.5 Å². The molecule has 2 heterocycles. The Morgan fingerprint density at radius 3 is 2.02 bits per heavy atom. The SMILES string of the molecule is COc1ccc(-c2coc3c(OC)c(O)ccc3c2=O)cc1.COc1cccc(-c2cc(=O)c3ccc(OC)cc3o2)c1. The van der Waals surface area contributed by atoms with E-state index in [1.807, 2.05) is 24.3 Å². The maximum absolute atomic E-state index is 12.6. The van der Waals surface area contributed by atoms with Crippen LogP contribution in [0.4, 0.5) is 0 Å². The maximum Gasteiger partial charge on any atom is 0.204 e. The second-order valence-electron chi connectivity index (χ2n) is 9.27. The van der Waals surface area contributed by atoms with Gasteiger partial charge < -0.3 is 32.9 Å². The van der Waals surface area contributed by atoms with Gasteiger partial charge in [0.05, 0.1) is 44.8 Å². The quantitative estimate of drug-likeness (QED) is 0.231. The van der Waals surface area contributed by atoms with E-state index in [0.29, 0.717) is 44.9 Å². The van der Waals surface area contributed by atoms with Crippen LogP contribution in [-0.2, 0) is 0 Å². The zero-order valence-electron chi connectivity index (χ0n) is 23.9. The Morgan fingerprint density at radius 1 is 0.651 bits per heavy atom. The van der Waals surface area contributed by atoms with E-state index >= 15 is 0 Å². The number of hydrogen-bond donors (Lipinski definition) is 1. The molecule has 0 atom stereocenters. The summed E-state index contributed by atoms with van der Waals surface area (Å²) in [5, 5.41) is 10.6. The lowest BCUT2D eigenvalue weighted by atomic mass is 10.1. The average Bonchev–Trinajstić information content (AvgIpc) is 3.05. The molecular formula is C34H28O9. The van der Waals surface area contributed by atoms with E-state index in [0.717, 1.165) is 11.1 Å². The van der Waals surface area contributed by atoms with Crippen molar-refractivity contribution in [1.82, 2.24) is 0 Å². The van der Waals surface area contributed by atoms with Gasteiger partial charge in [0, 0.05) is 17.7 Å². The van der Waals surface area contributed by atoms with Crippen LogP contribution in [0, 0.1) is 0 Å². The number of benzene rings is 4. The monoisotopic (exact) mass is 580 g/mol. The molecule has 0 unspecified atom stereocenters. The minimum absolute atomic E-state index is 0.0738. The molecule has 0 saturated carbocycles. The first-order chi connectivity index (χ1) is 20.9. The third-order valence-electron chi connectivity index (χ3n) is 6.77. The first-order valence-electron chi connectivity index (χ1n) is 13.1. The van der Waals surface area contributed by atoms with Crippen LogP contribution in [0.15, 0.2) is 110 Å². The van der Waals surface area contributed by atoms with Crippen LogP contribution in [0.2, 0.25) is 0 Å². The predicted octanol–water partition coefficient (Wildman–Crippen LogP) is 6.66. The second-order valence-corrected chi connectivity index (χ2v) is 9.27. The lowest BCUT2D eigenvalue weighted by Crippen LogP contribution is -2.05. The number of phenolic OH excluding ortho intramolecular Hbond substituents is 1. The summed E-state index contributed by atoms with van der Waals surface area (Å²) in [5.41, 5.74) is 2.40. The number of phenols is 1. The van der Waals surface area contributed by atoms with E-state index in [4.69, 9.17) is 27.8 Å². The molecule has 218 valence electrons. The van der Waals surface area contributed by atoms with Gasteiger partial charge in [-0.05, 0) is 54.1 Å². The molecule has 0 amide bonds. The largest absolute Gasteiger partial charge is 0.504 e. The molecule has 9 heteroatoms. The summed E-state index contributed by atoms with van der Waals surface area (Å²) in [4.78, 5) is 24.8. The highest BCUT2D eigenvalue weighted by molar-refractivity contribution is 5.88. The van der Waals surface area contributed by atoms with E-state index in [2.05, 4.69) is 0 Å². The molecule has 2 aromatic heterocycles. The smallest absolute Gasteiger partial charge is 0.204 e. The number of ether oxygens (including phenoxy) is 4. The zero-order chi connectivity index (χ0) is 30.5. The molecule has 4 aromatic carbocycles. The van der Waals surface area contributed by atoms with Crippen molar-refractivity contribution in [3.8, 4) is 51.2 Å². The lowest BCUT2D eigenvalue weighted by molar-refractivity contribution is 0.370. The molecule has 6 aromatic rings. The fraction of sp³-hybridized carbons (Fsp3) is 0.118. The van der Waals surface area contributed by atoms with Crippen LogP contribution in [0.25, 0.3) is 44.4 Å². The summed E-state index contributed by atoms with van der Waals surface area (Å²) in [6.07, 6.45) is 1.37. The topological polar surface area (TPSA) is 118 Å². The van der Waals surface area contributed by atoms with Gasteiger partial charge >= 0.3 is 0 Å². The van der Waals surface area contributed by atoms with E-state index < -0.39 is 0 Å². The van der Waals surface area contributed by atoms with Crippen molar-refractivity contribution in [2.45, 2.75) is 0 Å². The van der Waals surface area contributed by atoms with Gasteiger partial charge in [-0.15, -0.1) is 0 Å². The molecule has 0 aliphatic carbocycles.